The van der Waals surface area contributed by atoms with E-state index >= 15 is 0 Å². The lowest BCUT2D eigenvalue weighted by molar-refractivity contribution is -0.379. The van der Waals surface area contributed by atoms with Crippen molar-refractivity contribution < 1.29 is 29.4 Å². The van der Waals surface area contributed by atoms with Crippen molar-refractivity contribution in [2.45, 2.75) is 90.6 Å². The number of hydrazine groups is 1. The van der Waals surface area contributed by atoms with Crippen LogP contribution in [-0.2, 0) is 24.3 Å². The number of unbranched alkanes of at least 4 members (excludes halogenated alkanes) is 6. The van der Waals surface area contributed by atoms with Crippen LogP contribution < -0.4 is 5.59 Å². The standard InChI is InChI=1S/C18H32N2O6/c1-3-5-7-8-9-10-11-14-13-16(21)20(17(14)22)19-26-25-15(18(23)24)12-6-4-2/h14-15,19H,3-13H2,1-2H3,(H,23,24). The number of carboxylic acid groups (broad SMARTS) is 1. The SMILES string of the molecule is CCCCCCCCC1CC(=O)N(NOOC(CCCC)C(=O)O)C1=O. The lowest BCUT2D eigenvalue weighted by Crippen LogP contribution is -2.44. The number of carbonyl (C=O) groups is 3. The molecule has 8 nitrogen and oxygen atoms in total. The van der Waals surface area contributed by atoms with Gasteiger partial charge in [0.2, 0.25) is 11.8 Å². The second kappa shape index (κ2) is 12.8. The minimum Gasteiger partial charge on any atom is -0.479 e. The molecule has 8 heteroatoms. The number of rotatable bonds is 15. The Morgan fingerprint density at radius 3 is 2.46 bits per heavy atom. The van der Waals surface area contributed by atoms with Crippen LogP contribution >= 0.6 is 0 Å². The molecule has 1 rings (SSSR count). The van der Waals surface area contributed by atoms with E-state index in [1.807, 2.05) is 6.92 Å². The van der Waals surface area contributed by atoms with Gasteiger partial charge in [-0.3, -0.25) is 9.59 Å². The third-order valence-corrected chi connectivity index (χ3v) is 4.53. The fourth-order valence-corrected chi connectivity index (χ4v) is 2.91. The smallest absolute Gasteiger partial charge is 0.336 e. The fraction of sp³-hybridized carbons (Fsp3) is 0.833. The van der Waals surface area contributed by atoms with E-state index in [9.17, 15) is 14.4 Å². The summed E-state index contributed by atoms with van der Waals surface area (Å²) < 4.78 is 0. The Morgan fingerprint density at radius 2 is 1.81 bits per heavy atom. The molecule has 0 aromatic heterocycles. The molecule has 1 fully saturated rings. The quantitative estimate of drug-likeness (QED) is 0.197. The highest BCUT2D eigenvalue weighted by Gasteiger charge is 2.39. The predicted molar refractivity (Wildman–Crippen MR) is 94.2 cm³/mol. The van der Waals surface area contributed by atoms with Crippen molar-refractivity contribution >= 4 is 17.8 Å². The molecule has 0 aliphatic carbocycles. The number of hydrogen-bond donors (Lipinski definition) is 2. The zero-order valence-electron chi connectivity index (χ0n) is 15.9. The minimum absolute atomic E-state index is 0.141. The highest BCUT2D eigenvalue weighted by molar-refractivity contribution is 6.02. The van der Waals surface area contributed by atoms with E-state index in [2.05, 4.69) is 17.5 Å². The van der Waals surface area contributed by atoms with Crippen LogP contribution in [0.1, 0.15) is 84.5 Å². The Morgan fingerprint density at radius 1 is 1.15 bits per heavy atom. The average Bonchev–Trinajstić information content (AvgIpc) is 2.87. The average molecular weight is 372 g/mol. The van der Waals surface area contributed by atoms with Gasteiger partial charge in [0, 0.05) is 12.3 Å². The Bertz CT molecular complexity index is 457. The van der Waals surface area contributed by atoms with E-state index in [-0.39, 0.29) is 24.7 Å². The van der Waals surface area contributed by atoms with Crippen LogP contribution in [0.25, 0.3) is 0 Å². The Balaban J connectivity index is 2.31. The van der Waals surface area contributed by atoms with Crippen molar-refractivity contribution in [3.63, 3.8) is 0 Å². The van der Waals surface area contributed by atoms with Crippen LogP contribution in [-0.4, -0.2) is 34.0 Å². The van der Waals surface area contributed by atoms with Gasteiger partial charge in [-0.05, 0) is 12.8 Å². The van der Waals surface area contributed by atoms with E-state index in [1.54, 1.807) is 0 Å². The molecule has 1 aliphatic heterocycles. The fourth-order valence-electron chi connectivity index (χ4n) is 2.91. The third kappa shape index (κ3) is 7.80. The molecule has 150 valence electrons. The van der Waals surface area contributed by atoms with Gasteiger partial charge in [0.1, 0.15) is 0 Å². The highest BCUT2D eigenvalue weighted by Crippen LogP contribution is 2.24. The number of carbonyl (C=O) groups excluding carboxylic acids is 2. The minimum atomic E-state index is -1.15. The first-order valence-electron chi connectivity index (χ1n) is 9.68. The van der Waals surface area contributed by atoms with Gasteiger partial charge in [0.25, 0.3) is 0 Å². The zero-order valence-corrected chi connectivity index (χ0v) is 15.9. The van der Waals surface area contributed by atoms with Gasteiger partial charge >= 0.3 is 5.97 Å². The molecule has 0 spiro atoms. The van der Waals surface area contributed by atoms with Crippen molar-refractivity contribution in [2.75, 3.05) is 0 Å². The number of amides is 2. The number of nitrogens with zero attached hydrogens (tertiary/aromatic N) is 1. The Kier molecular flexibility index (Phi) is 11.1. The van der Waals surface area contributed by atoms with Crippen LogP contribution in [0.2, 0.25) is 0 Å². The van der Waals surface area contributed by atoms with E-state index < -0.39 is 18.0 Å². The molecule has 1 heterocycles. The van der Waals surface area contributed by atoms with Gasteiger partial charge < -0.3 is 5.11 Å². The third-order valence-electron chi connectivity index (χ3n) is 4.53. The van der Waals surface area contributed by atoms with Crippen LogP contribution in [0.5, 0.6) is 0 Å². The number of carboxylic acids is 1. The molecular formula is C18H32N2O6. The summed E-state index contributed by atoms with van der Waals surface area (Å²) in [5.41, 5.74) is 2.14. The first-order chi connectivity index (χ1) is 12.5. The summed E-state index contributed by atoms with van der Waals surface area (Å²) in [6.07, 6.45) is 8.19. The first kappa shape index (κ1) is 22.5. The van der Waals surface area contributed by atoms with Crippen molar-refractivity contribution in [1.82, 2.24) is 10.6 Å². The molecule has 0 radical (unpaired) electrons. The molecule has 2 unspecified atom stereocenters. The van der Waals surface area contributed by atoms with Gasteiger partial charge in [-0.25, -0.2) is 9.68 Å². The van der Waals surface area contributed by atoms with Crippen LogP contribution in [0.15, 0.2) is 0 Å². The molecule has 2 amide bonds. The topological polar surface area (TPSA) is 105 Å². The van der Waals surface area contributed by atoms with Gasteiger partial charge in [-0.1, -0.05) is 70.8 Å². The van der Waals surface area contributed by atoms with Crippen molar-refractivity contribution in [3.8, 4) is 0 Å². The molecule has 2 atom stereocenters. The normalized spacial score (nSPS) is 18.5. The summed E-state index contributed by atoms with van der Waals surface area (Å²) in [5, 5.41) is 9.81. The van der Waals surface area contributed by atoms with Crippen LogP contribution in [0, 0.1) is 5.92 Å². The monoisotopic (exact) mass is 372 g/mol. The molecule has 2 N–H and O–H groups in total. The maximum Gasteiger partial charge on any atom is 0.336 e. The van der Waals surface area contributed by atoms with Gasteiger partial charge in [0.05, 0.1) is 0 Å². The lowest BCUT2D eigenvalue weighted by atomic mass is 9.99. The summed E-state index contributed by atoms with van der Waals surface area (Å²) in [6.45, 7) is 4.10. The van der Waals surface area contributed by atoms with Gasteiger partial charge in [-0.15, -0.1) is 4.99 Å². The van der Waals surface area contributed by atoms with Gasteiger partial charge in [0.15, 0.2) is 6.10 Å². The van der Waals surface area contributed by atoms with Gasteiger partial charge in [-0.2, -0.15) is 5.01 Å². The molecule has 0 saturated carbocycles. The maximum absolute atomic E-state index is 12.3. The second-order valence-electron chi connectivity index (χ2n) is 6.76. The molecule has 26 heavy (non-hydrogen) atoms. The molecule has 0 aromatic rings. The molecular weight excluding hydrogens is 340 g/mol. The second-order valence-corrected chi connectivity index (χ2v) is 6.76. The molecule has 1 aliphatic rings. The Hall–Kier alpha value is -1.51. The van der Waals surface area contributed by atoms with Crippen LogP contribution in [0.3, 0.4) is 0 Å². The number of nitrogens with one attached hydrogen (secondary N) is 1. The van der Waals surface area contributed by atoms with Crippen LogP contribution in [0.4, 0.5) is 0 Å². The Labute approximate surface area is 155 Å². The summed E-state index contributed by atoms with van der Waals surface area (Å²) in [7, 11) is 0. The van der Waals surface area contributed by atoms with E-state index in [0.29, 0.717) is 12.8 Å². The first-order valence-corrected chi connectivity index (χ1v) is 9.68. The predicted octanol–water partition coefficient (Wildman–Crippen LogP) is 3.12. The summed E-state index contributed by atoms with van der Waals surface area (Å²) in [4.78, 5) is 44.7. The lowest BCUT2D eigenvalue weighted by Gasteiger charge is -2.17. The zero-order chi connectivity index (χ0) is 19.4. The largest absolute Gasteiger partial charge is 0.479 e. The van der Waals surface area contributed by atoms with Crippen molar-refractivity contribution in [2.24, 2.45) is 5.92 Å². The van der Waals surface area contributed by atoms with E-state index in [0.717, 1.165) is 30.7 Å². The number of hydrogen-bond acceptors (Lipinski definition) is 6. The van der Waals surface area contributed by atoms with E-state index in [1.165, 1.54) is 19.3 Å². The summed E-state index contributed by atoms with van der Waals surface area (Å²) in [6, 6.07) is 0. The van der Waals surface area contributed by atoms with E-state index in [4.69, 9.17) is 9.99 Å². The molecule has 1 saturated heterocycles. The maximum atomic E-state index is 12.3. The van der Waals surface area contributed by atoms with Crippen molar-refractivity contribution in [1.29, 1.82) is 0 Å². The number of aliphatic carboxylic acids is 1. The summed E-state index contributed by atoms with van der Waals surface area (Å²) >= 11 is 0. The summed E-state index contributed by atoms with van der Waals surface area (Å²) in [5.74, 6) is -2.25. The molecule has 0 aromatic carbocycles. The molecule has 0 bridgehead atoms. The van der Waals surface area contributed by atoms with Crippen molar-refractivity contribution in [3.05, 3.63) is 0 Å². The number of imide groups is 1. The highest BCUT2D eigenvalue weighted by atomic mass is 17.3.